The molecule has 6 nitrogen and oxygen atoms in total. The molecule has 116 valence electrons. The van der Waals surface area contributed by atoms with E-state index in [9.17, 15) is 9.59 Å². The van der Waals surface area contributed by atoms with Gasteiger partial charge in [-0.3, -0.25) is 15.0 Å². The molecule has 1 saturated carbocycles. The molecule has 1 N–H and O–H groups in total. The summed E-state index contributed by atoms with van der Waals surface area (Å²) < 4.78 is 0. The first-order chi connectivity index (χ1) is 11.2. The second-order valence-corrected chi connectivity index (χ2v) is 6.12. The lowest BCUT2D eigenvalue weighted by Crippen LogP contribution is -2.61. The zero-order valence-electron chi connectivity index (χ0n) is 12.5. The van der Waals surface area contributed by atoms with Crippen LogP contribution < -0.4 is 10.4 Å². The number of anilines is 1. The zero-order valence-corrected chi connectivity index (χ0v) is 12.5. The van der Waals surface area contributed by atoms with Crippen molar-refractivity contribution in [3.8, 4) is 11.3 Å². The Morgan fingerprint density at radius 1 is 1.00 bits per heavy atom. The van der Waals surface area contributed by atoms with Gasteiger partial charge in [-0.15, -0.1) is 10.2 Å². The van der Waals surface area contributed by atoms with E-state index in [1.165, 1.54) is 5.01 Å². The maximum atomic E-state index is 12.3. The predicted molar refractivity (Wildman–Crippen MR) is 84.0 cm³/mol. The van der Waals surface area contributed by atoms with Crippen LogP contribution in [0.4, 0.5) is 5.82 Å². The van der Waals surface area contributed by atoms with Crippen molar-refractivity contribution in [2.75, 3.05) is 5.01 Å². The topological polar surface area (TPSA) is 75.2 Å². The van der Waals surface area contributed by atoms with Crippen LogP contribution in [-0.4, -0.2) is 22.0 Å². The highest BCUT2D eigenvalue weighted by atomic mass is 16.2. The van der Waals surface area contributed by atoms with Crippen LogP contribution in [0.15, 0.2) is 42.5 Å². The van der Waals surface area contributed by atoms with Gasteiger partial charge < -0.3 is 0 Å². The van der Waals surface area contributed by atoms with E-state index in [0.717, 1.165) is 30.5 Å². The Morgan fingerprint density at radius 3 is 2.39 bits per heavy atom. The summed E-state index contributed by atoms with van der Waals surface area (Å²) in [5.41, 5.74) is 3.87. The van der Waals surface area contributed by atoms with Gasteiger partial charge in [0.2, 0.25) is 11.8 Å². The second kappa shape index (κ2) is 5.15. The molecule has 6 heteroatoms. The summed E-state index contributed by atoms with van der Waals surface area (Å²) in [7, 11) is 0. The number of nitrogens with one attached hydrogen (secondary N) is 1. The van der Waals surface area contributed by atoms with Crippen molar-refractivity contribution in [2.24, 2.45) is 5.41 Å². The van der Waals surface area contributed by atoms with E-state index in [1.807, 2.05) is 30.3 Å². The average molecular weight is 308 g/mol. The van der Waals surface area contributed by atoms with Crippen molar-refractivity contribution in [1.82, 2.24) is 15.6 Å². The molecule has 2 fully saturated rings. The van der Waals surface area contributed by atoms with Crippen LogP contribution in [0.2, 0.25) is 0 Å². The second-order valence-electron chi connectivity index (χ2n) is 6.12. The molecule has 0 unspecified atom stereocenters. The number of amides is 2. The molecule has 0 radical (unpaired) electrons. The summed E-state index contributed by atoms with van der Waals surface area (Å²) in [5.74, 6) is 0.126. The minimum absolute atomic E-state index is 0.0858. The largest absolute Gasteiger partial charge is 0.273 e. The van der Waals surface area contributed by atoms with Gasteiger partial charge in [0.1, 0.15) is 0 Å². The average Bonchev–Trinajstić information content (AvgIpc) is 2.56. The molecule has 2 amide bonds. The highest BCUT2D eigenvalue weighted by Crippen LogP contribution is 2.46. The van der Waals surface area contributed by atoms with Gasteiger partial charge in [-0.25, -0.2) is 5.01 Å². The van der Waals surface area contributed by atoms with Crippen LogP contribution in [0.3, 0.4) is 0 Å². The standard InChI is InChI=1S/C17H16N4O2/c22-15-11-17(9-4-10-17)16(23)20-21(15)14-8-7-13(18-19-14)12-5-2-1-3-6-12/h1-3,5-8H,4,9-11H2,(H,20,23). The van der Waals surface area contributed by atoms with Gasteiger partial charge in [0.05, 0.1) is 11.1 Å². The fourth-order valence-electron chi connectivity index (χ4n) is 3.13. The lowest BCUT2D eigenvalue weighted by molar-refractivity contribution is -0.146. The number of rotatable bonds is 2. The van der Waals surface area contributed by atoms with E-state index in [2.05, 4.69) is 15.6 Å². The molecule has 1 aliphatic heterocycles. The number of carbonyl (C=O) groups excluding carboxylic acids is 2. The van der Waals surface area contributed by atoms with E-state index in [0.29, 0.717) is 5.82 Å². The van der Waals surface area contributed by atoms with Crippen molar-refractivity contribution in [2.45, 2.75) is 25.7 Å². The Labute approximate surface area is 133 Å². The first-order valence-electron chi connectivity index (χ1n) is 7.71. The summed E-state index contributed by atoms with van der Waals surface area (Å²) in [4.78, 5) is 24.6. The summed E-state index contributed by atoms with van der Waals surface area (Å²) in [6.45, 7) is 0. The number of nitrogens with zero attached hydrogens (tertiary/aromatic N) is 3. The van der Waals surface area contributed by atoms with Crippen LogP contribution in [0, 0.1) is 5.41 Å². The van der Waals surface area contributed by atoms with Gasteiger partial charge in [0, 0.05) is 12.0 Å². The number of aromatic nitrogens is 2. The highest BCUT2D eigenvalue weighted by molar-refractivity contribution is 6.03. The molecule has 2 aromatic rings. The molecule has 1 aromatic heterocycles. The summed E-state index contributed by atoms with van der Waals surface area (Å²) in [6, 6.07) is 13.2. The minimum Gasteiger partial charge on any atom is -0.273 e. The number of carbonyl (C=O) groups is 2. The third-order valence-corrected chi connectivity index (χ3v) is 4.69. The molecule has 23 heavy (non-hydrogen) atoms. The van der Waals surface area contributed by atoms with Crippen LogP contribution in [-0.2, 0) is 9.59 Å². The molecule has 1 spiro atoms. The number of hydrazine groups is 1. The van der Waals surface area contributed by atoms with E-state index in [4.69, 9.17) is 0 Å². The smallest absolute Gasteiger partial charge is 0.248 e. The Bertz CT molecular complexity index is 754. The maximum absolute atomic E-state index is 12.3. The molecular weight excluding hydrogens is 292 g/mol. The number of hydrogen-bond donors (Lipinski definition) is 1. The normalized spacial score (nSPS) is 19.4. The quantitative estimate of drug-likeness (QED) is 0.921. The Morgan fingerprint density at radius 2 is 1.78 bits per heavy atom. The first kappa shape index (κ1) is 13.9. The summed E-state index contributed by atoms with van der Waals surface area (Å²) in [5, 5.41) is 9.47. The molecule has 1 aliphatic carbocycles. The van der Waals surface area contributed by atoms with Crippen LogP contribution >= 0.6 is 0 Å². The van der Waals surface area contributed by atoms with Crippen molar-refractivity contribution in [1.29, 1.82) is 0 Å². The maximum Gasteiger partial charge on any atom is 0.248 e. The third kappa shape index (κ3) is 2.27. The van der Waals surface area contributed by atoms with Gasteiger partial charge in [0.15, 0.2) is 5.82 Å². The molecule has 1 aromatic carbocycles. The Hall–Kier alpha value is -2.76. The summed E-state index contributed by atoms with van der Waals surface area (Å²) in [6.07, 6.45) is 2.83. The van der Waals surface area contributed by atoms with Gasteiger partial charge in [0.25, 0.3) is 0 Å². The van der Waals surface area contributed by atoms with E-state index >= 15 is 0 Å². The number of hydrogen-bond acceptors (Lipinski definition) is 4. The van der Waals surface area contributed by atoms with Crippen molar-refractivity contribution in [3.05, 3.63) is 42.5 Å². The molecule has 0 atom stereocenters. The molecular formula is C17H16N4O2. The van der Waals surface area contributed by atoms with E-state index < -0.39 is 5.41 Å². The van der Waals surface area contributed by atoms with Crippen LogP contribution in [0.1, 0.15) is 25.7 Å². The zero-order chi connectivity index (χ0) is 15.9. The van der Waals surface area contributed by atoms with Gasteiger partial charge in [-0.2, -0.15) is 0 Å². The van der Waals surface area contributed by atoms with E-state index in [1.54, 1.807) is 12.1 Å². The van der Waals surface area contributed by atoms with E-state index in [-0.39, 0.29) is 18.2 Å². The predicted octanol–water partition coefficient (Wildman–Crippen LogP) is 2.08. The SMILES string of the molecule is O=C1CC2(CCC2)C(=O)NN1c1ccc(-c2ccccc2)nn1. The highest BCUT2D eigenvalue weighted by Gasteiger charge is 2.50. The minimum atomic E-state index is -0.481. The first-order valence-corrected chi connectivity index (χ1v) is 7.71. The van der Waals surface area contributed by atoms with Crippen LogP contribution in [0.25, 0.3) is 11.3 Å². The summed E-state index contributed by atoms with van der Waals surface area (Å²) >= 11 is 0. The molecule has 4 rings (SSSR count). The molecule has 1 saturated heterocycles. The molecule has 2 aliphatic rings. The molecule has 2 heterocycles. The van der Waals surface area contributed by atoms with Crippen molar-refractivity contribution in [3.63, 3.8) is 0 Å². The lowest BCUT2D eigenvalue weighted by atomic mass is 9.65. The van der Waals surface area contributed by atoms with Gasteiger partial charge in [-0.1, -0.05) is 36.8 Å². The van der Waals surface area contributed by atoms with Crippen molar-refractivity contribution < 1.29 is 9.59 Å². The fourth-order valence-corrected chi connectivity index (χ4v) is 3.13. The van der Waals surface area contributed by atoms with Crippen molar-refractivity contribution >= 4 is 17.6 Å². The fraction of sp³-hybridized carbons (Fsp3) is 0.294. The van der Waals surface area contributed by atoms with Gasteiger partial charge >= 0.3 is 0 Å². The lowest BCUT2D eigenvalue weighted by Gasteiger charge is -2.45. The third-order valence-electron chi connectivity index (χ3n) is 4.69. The molecule has 0 bridgehead atoms. The van der Waals surface area contributed by atoms with Gasteiger partial charge in [-0.05, 0) is 25.0 Å². The number of benzene rings is 1. The van der Waals surface area contributed by atoms with Crippen LogP contribution in [0.5, 0.6) is 0 Å². The monoisotopic (exact) mass is 308 g/mol. The Balaban J connectivity index is 1.57. The Kier molecular flexibility index (Phi) is 3.11.